The Hall–Kier alpha value is -0.980. The molecule has 0 atom stereocenters. The van der Waals surface area contributed by atoms with Crippen LogP contribution in [0.1, 0.15) is 88.8 Å². The molecule has 0 bridgehead atoms. The van der Waals surface area contributed by atoms with E-state index in [2.05, 4.69) is 26.8 Å². The standard InChI is InChI=1S/C20H34O/c1-4-7-8-9-10-11-12-13-14-19-18(6-3)17(5-2)15-16-20(19)21/h15-16,21H,4-14H2,1-3H3. The first kappa shape index (κ1) is 18.1. The van der Waals surface area contributed by atoms with Crippen LogP contribution in [0.4, 0.5) is 0 Å². The van der Waals surface area contributed by atoms with Crippen LogP contribution in [0.3, 0.4) is 0 Å². The van der Waals surface area contributed by atoms with E-state index in [1.807, 2.05) is 6.07 Å². The van der Waals surface area contributed by atoms with E-state index in [0.29, 0.717) is 5.75 Å². The summed E-state index contributed by atoms with van der Waals surface area (Å²) in [5.74, 6) is 0.506. The number of aromatic hydroxyl groups is 1. The smallest absolute Gasteiger partial charge is 0.119 e. The highest BCUT2D eigenvalue weighted by Crippen LogP contribution is 2.27. The van der Waals surface area contributed by atoms with Gasteiger partial charge in [0.25, 0.3) is 0 Å². The molecule has 0 heterocycles. The average molecular weight is 290 g/mol. The first-order chi connectivity index (χ1) is 10.2. The van der Waals surface area contributed by atoms with Crippen molar-refractivity contribution in [1.29, 1.82) is 0 Å². The Kier molecular flexibility index (Phi) is 9.21. The largest absolute Gasteiger partial charge is 0.508 e. The number of phenolic OH excluding ortho intramolecular Hbond substituents is 1. The number of phenols is 1. The van der Waals surface area contributed by atoms with E-state index in [0.717, 1.165) is 19.3 Å². The molecule has 21 heavy (non-hydrogen) atoms. The molecule has 0 aliphatic rings. The summed E-state index contributed by atoms with van der Waals surface area (Å²) in [5.41, 5.74) is 4.01. The minimum atomic E-state index is 0.506. The third-order valence-electron chi connectivity index (χ3n) is 4.52. The fourth-order valence-corrected chi connectivity index (χ4v) is 3.22. The van der Waals surface area contributed by atoms with Gasteiger partial charge >= 0.3 is 0 Å². The second kappa shape index (κ2) is 10.7. The second-order valence-electron chi connectivity index (χ2n) is 6.13. The maximum atomic E-state index is 10.1. The van der Waals surface area contributed by atoms with E-state index in [1.54, 1.807) is 0 Å². The molecule has 0 unspecified atom stereocenters. The van der Waals surface area contributed by atoms with Gasteiger partial charge in [0.1, 0.15) is 5.75 Å². The molecule has 1 nitrogen and oxygen atoms in total. The maximum Gasteiger partial charge on any atom is 0.119 e. The Balaban J connectivity index is 2.38. The lowest BCUT2D eigenvalue weighted by Gasteiger charge is -2.14. The van der Waals surface area contributed by atoms with Gasteiger partial charge in [0.2, 0.25) is 0 Å². The molecular formula is C20H34O. The van der Waals surface area contributed by atoms with Gasteiger partial charge < -0.3 is 5.11 Å². The molecule has 0 radical (unpaired) electrons. The molecule has 0 aliphatic heterocycles. The lowest BCUT2D eigenvalue weighted by Crippen LogP contribution is -1.99. The van der Waals surface area contributed by atoms with Crippen molar-refractivity contribution in [2.75, 3.05) is 0 Å². The highest BCUT2D eigenvalue weighted by atomic mass is 16.3. The lowest BCUT2D eigenvalue weighted by atomic mass is 9.92. The minimum absolute atomic E-state index is 0.506. The van der Waals surface area contributed by atoms with Crippen molar-refractivity contribution in [3.8, 4) is 5.75 Å². The van der Waals surface area contributed by atoms with Gasteiger partial charge in [-0.25, -0.2) is 0 Å². The Bertz CT molecular complexity index is 395. The Morgan fingerprint density at radius 1 is 0.714 bits per heavy atom. The molecule has 1 N–H and O–H groups in total. The number of hydrogen-bond acceptors (Lipinski definition) is 1. The highest BCUT2D eigenvalue weighted by molar-refractivity contribution is 5.44. The molecule has 0 spiro atoms. The Morgan fingerprint density at radius 3 is 1.90 bits per heavy atom. The third-order valence-corrected chi connectivity index (χ3v) is 4.52. The van der Waals surface area contributed by atoms with Crippen LogP contribution < -0.4 is 0 Å². The predicted molar refractivity (Wildman–Crippen MR) is 93.2 cm³/mol. The van der Waals surface area contributed by atoms with Crippen LogP contribution in [0.2, 0.25) is 0 Å². The van der Waals surface area contributed by atoms with Gasteiger partial charge in [0, 0.05) is 0 Å². The van der Waals surface area contributed by atoms with Gasteiger partial charge in [0.05, 0.1) is 0 Å². The third kappa shape index (κ3) is 6.11. The number of benzene rings is 1. The van der Waals surface area contributed by atoms with E-state index >= 15 is 0 Å². The number of aryl methyl sites for hydroxylation is 1. The lowest BCUT2D eigenvalue weighted by molar-refractivity contribution is 0.464. The van der Waals surface area contributed by atoms with E-state index in [4.69, 9.17) is 0 Å². The molecule has 1 heteroatoms. The molecule has 0 fully saturated rings. The summed E-state index contributed by atoms with van der Waals surface area (Å²) in [4.78, 5) is 0. The van der Waals surface area contributed by atoms with Crippen molar-refractivity contribution in [2.45, 2.75) is 91.4 Å². The van der Waals surface area contributed by atoms with Gasteiger partial charge in [-0.3, -0.25) is 0 Å². The van der Waals surface area contributed by atoms with Crippen molar-refractivity contribution >= 4 is 0 Å². The minimum Gasteiger partial charge on any atom is -0.508 e. The zero-order valence-corrected chi connectivity index (χ0v) is 14.4. The van der Waals surface area contributed by atoms with E-state index in [-0.39, 0.29) is 0 Å². The maximum absolute atomic E-state index is 10.1. The van der Waals surface area contributed by atoms with Crippen LogP contribution in [0, 0.1) is 0 Å². The molecule has 0 saturated carbocycles. The fourth-order valence-electron chi connectivity index (χ4n) is 3.22. The molecule has 1 aromatic rings. The average Bonchev–Trinajstić information content (AvgIpc) is 2.50. The van der Waals surface area contributed by atoms with Crippen molar-refractivity contribution in [1.82, 2.24) is 0 Å². The van der Waals surface area contributed by atoms with Gasteiger partial charge in [-0.15, -0.1) is 0 Å². The Labute approximate surface area is 131 Å². The summed E-state index contributed by atoms with van der Waals surface area (Å²) >= 11 is 0. The van der Waals surface area contributed by atoms with Crippen molar-refractivity contribution in [3.05, 3.63) is 28.8 Å². The van der Waals surface area contributed by atoms with Crippen LogP contribution >= 0.6 is 0 Å². The predicted octanol–water partition coefficient (Wildman–Crippen LogP) is 6.20. The fraction of sp³-hybridized carbons (Fsp3) is 0.700. The first-order valence-electron chi connectivity index (χ1n) is 9.07. The number of unbranched alkanes of at least 4 members (excludes halogenated alkanes) is 7. The zero-order valence-electron chi connectivity index (χ0n) is 14.4. The first-order valence-corrected chi connectivity index (χ1v) is 9.07. The summed E-state index contributed by atoms with van der Waals surface area (Å²) in [6, 6.07) is 3.98. The van der Waals surface area contributed by atoms with Crippen molar-refractivity contribution in [3.63, 3.8) is 0 Å². The topological polar surface area (TPSA) is 20.2 Å². The van der Waals surface area contributed by atoms with Gasteiger partial charge in [-0.2, -0.15) is 0 Å². The van der Waals surface area contributed by atoms with E-state index < -0.39 is 0 Å². The molecule has 0 amide bonds. The molecule has 0 saturated heterocycles. The van der Waals surface area contributed by atoms with Crippen molar-refractivity contribution < 1.29 is 5.11 Å². The second-order valence-corrected chi connectivity index (χ2v) is 6.13. The molecule has 1 rings (SSSR count). The number of rotatable bonds is 11. The summed E-state index contributed by atoms with van der Waals surface area (Å²) in [6.45, 7) is 6.67. The van der Waals surface area contributed by atoms with E-state index in [9.17, 15) is 5.11 Å². The summed E-state index contributed by atoms with van der Waals surface area (Å²) in [7, 11) is 0. The Morgan fingerprint density at radius 2 is 1.33 bits per heavy atom. The molecule has 0 aromatic heterocycles. The SMILES string of the molecule is CCCCCCCCCCc1c(O)ccc(CC)c1CC. The highest BCUT2D eigenvalue weighted by Gasteiger charge is 2.10. The van der Waals surface area contributed by atoms with Crippen LogP contribution in [0.25, 0.3) is 0 Å². The summed E-state index contributed by atoms with van der Waals surface area (Å²) in [6.07, 6.45) is 13.9. The number of hydrogen-bond donors (Lipinski definition) is 1. The zero-order chi connectivity index (χ0) is 15.5. The summed E-state index contributed by atoms with van der Waals surface area (Å²) < 4.78 is 0. The van der Waals surface area contributed by atoms with Crippen LogP contribution in [0.15, 0.2) is 12.1 Å². The van der Waals surface area contributed by atoms with Gasteiger partial charge in [-0.1, -0.05) is 71.8 Å². The van der Waals surface area contributed by atoms with E-state index in [1.165, 1.54) is 68.1 Å². The van der Waals surface area contributed by atoms with Crippen LogP contribution in [-0.4, -0.2) is 5.11 Å². The van der Waals surface area contributed by atoms with Crippen LogP contribution in [-0.2, 0) is 19.3 Å². The van der Waals surface area contributed by atoms with Gasteiger partial charge in [0.15, 0.2) is 0 Å². The molecule has 120 valence electrons. The van der Waals surface area contributed by atoms with Crippen LogP contribution in [0.5, 0.6) is 5.75 Å². The monoisotopic (exact) mass is 290 g/mol. The quantitative estimate of drug-likeness (QED) is 0.481. The molecule has 0 aliphatic carbocycles. The normalized spacial score (nSPS) is 11.0. The molecule has 1 aromatic carbocycles. The van der Waals surface area contributed by atoms with Crippen molar-refractivity contribution in [2.24, 2.45) is 0 Å². The summed E-state index contributed by atoms with van der Waals surface area (Å²) in [5, 5.41) is 10.1. The molecular weight excluding hydrogens is 256 g/mol. The van der Waals surface area contributed by atoms with Gasteiger partial charge in [-0.05, 0) is 48.4 Å².